The van der Waals surface area contributed by atoms with Gasteiger partial charge in [-0.2, -0.15) is 0 Å². The van der Waals surface area contributed by atoms with Crippen LogP contribution in [0.2, 0.25) is 0 Å². The zero-order valence-corrected chi connectivity index (χ0v) is 21.4. The SMILES string of the molecule is CCC1(CC)c2cc(Br)ccc2-c2cc3c(cc21)C(CC)(CC)c1cc(Br)ccc1-3. The Balaban J connectivity index is 1.88. The summed E-state index contributed by atoms with van der Waals surface area (Å²) in [7, 11) is 0. The molecule has 0 unspecified atom stereocenters. The van der Waals surface area contributed by atoms with Crippen LogP contribution < -0.4 is 0 Å². The van der Waals surface area contributed by atoms with Crippen molar-refractivity contribution in [3.8, 4) is 22.3 Å². The molecule has 0 saturated carbocycles. The highest BCUT2D eigenvalue weighted by Crippen LogP contribution is 2.59. The largest absolute Gasteiger partial charge is 0.0642 e. The molecule has 0 N–H and O–H groups in total. The van der Waals surface area contributed by atoms with Crippen LogP contribution in [0.3, 0.4) is 0 Å². The van der Waals surface area contributed by atoms with E-state index in [1.807, 2.05) is 0 Å². The maximum Gasteiger partial charge on any atom is 0.0210 e. The molecule has 0 amide bonds. The van der Waals surface area contributed by atoms with Gasteiger partial charge in [-0.15, -0.1) is 0 Å². The summed E-state index contributed by atoms with van der Waals surface area (Å²) in [6, 6.07) is 18.9. The maximum absolute atomic E-state index is 3.74. The molecular formula is C28H28Br2. The number of rotatable bonds is 4. The molecule has 0 nitrogen and oxygen atoms in total. The second kappa shape index (κ2) is 7.07. The van der Waals surface area contributed by atoms with Crippen molar-refractivity contribution in [1.82, 2.24) is 0 Å². The summed E-state index contributed by atoms with van der Waals surface area (Å²) in [5.74, 6) is 0. The van der Waals surface area contributed by atoms with E-state index in [0.29, 0.717) is 0 Å². The third-order valence-electron chi connectivity index (χ3n) is 8.18. The lowest BCUT2D eigenvalue weighted by Gasteiger charge is -2.33. The first-order chi connectivity index (χ1) is 14.5. The summed E-state index contributed by atoms with van der Waals surface area (Å²) in [6.45, 7) is 9.43. The third-order valence-corrected chi connectivity index (χ3v) is 9.16. The fourth-order valence-electron chi connectivity index (χ4n) is 6.45. The molecule has 0 aliphatic heterocycles. The predicted octanol–water partition coefficient (Wildman–Crippen LogP) is 9.38. The standard InChI is InChI=1S/C28H28Br2/c1-5-27(6-2)23-13-17(29)9-11-19(23)21-15-22-20-12-10-18(30)14-24(20)28(7-3,8-4)26(22)16-25(21)27/h9-16H,5-8H2,1-4H3. The van der Waals surface area contributed by atoms with Gasteiger partial charge in [0.1, 0.15) is 0 Å². The molecule has 2 aliphatic carbocycles. The highest BCUT2D eigenvalue weighted by atomic mass is 79.9. The first-order valence-electron chi connectivity index (χ1n) is 11.3. The topological polar surface area (TPSA) is 0 Å². The van der Waals surface area contributed by atoms with Crippen molar-refractivity contribution < 1.29 is 0 Å². The molecular weight excluding hydrogens is 496 g/mol. The van der Waals surface area contributed by atoms with Crippen LogP contribution in [-0.4, -0.2) is 0 Å². The minimum Gasteiger partial charge on any atom is -0.0642 e. The molecule has 3 aromatic carbocycles. The molecule has 0 fully saturated rings. The maximum atomic E-state index is 3.74. The Morgan fingerprint density at radius 2 is 0.867 bits per heavy atom. The Morgan fingerprint density at radius 1 is 0.500 bits per heavy atom. The molecule has 0 radical (unpaired) electrons. The van der Waals surface area contributed by atoms with Crippen LogP contribution in [0, 0.1) is 0 Å². The van der Waals surface area contributed by atoms with Crippen molar-refractivity contribution in [2.45, 2.75) is 64.2 Å². The van der Waals surface area contributed by atoms with E-state index in [2.05, 4.69) is 108 Å². The van der Waals surface area contributed by atoms with Crippen LogP contribution in [0.25, 0.3) is 22.3 Å². The Morgan fingerprint density at radius 3 is 1.23 bits per heavy atom. The second-order valence-electron chi connectivity index (χ2n) is 8.90. The number of benzene rings is 3. The normalized spacial score (nSPS) is 16.7. The van der Waals surface area contributed by atoms with Crippen LogP contribution in [-0.2, 0) is 10.8 Å². The molecule has 0 atom stereocenters. The van der Waals surface area contributed by atoms with Crippen LogP contribution >= 0.6 is 31.9 Å². The van der Waals surface area contributed by atoms with Gasteiger partial charge in [0.25, 0.3) is 0 Å². The lowest BCUT2D eigenvalue weighted by Crippen LogP contribution is -2.26. The number of fused-ring (bicyclic) bond motifs is 6. The van der Waals surface area contributed by atoms with Gasteiger partial charge in [0.15, 0.2) is 0 Å². The first kappa shape index (κ1) is 20.5. The van der Waals surface area contributed by atoms with Gasteiger partial charge in [-0.05, 0) is 101 Å². The van der Waals surface area contributed by atoms with E-state index < -0.39 is 0 Å². The number of hydrogen-bond donors (Lipinski definition) is 0. The van der Waals surface area contributed by atoms with Crippen molar-refractivity contribution >= 4 is 31.9 Å². The predicted molar refractivity (Wildman–Crippen MR) is 135 cm³/mol. The Bertz CT molecular complexity index is 1070. The number of halogens is 2. The van der Waals surface area contributed by atoms with Gasteiger partial charge in [-0.3, -0.25) is 0 Å². The van der Waals surface area contributed by atoms with E-state index in [-0.39, 0.29) is 10.8 Å². The summed E-state index contributed by atoms with van der Waals surface area (Å²) >= 11 is 7.48. The highest BCUT2D eigenvalue weighted by molar-refractivity contribution is 9.10. The summed E-state index contributed by atoms with van der Waals surface area (Å²) < 4.78 is 2.36. The van der Waals surface area contributed by atoms with E-state index in [9.17, 15) is 0 Å². The molecule has 5 rings (SSSR count). The third kappa shape index (κ3) is 2.44. The summed E-state index contributed by atoms with van der Waals surface area (Å²) in [4.78, 5) is 0. The Labute approximate surface area is 197 Å². The number of hydrogen-bond acceptors (Lipinski definition) is 0. The van der Waals surface area contributed by atoms with Crippen LogP contribution in [0.1, 0.15) is 75.6 Å². The van der Waals surface area contributed by atoms with Gasteiger partial charge in [-0.1, -0.05) is 77.8 Å². The average molecular weight is 524 g/mol. The molecule has 3 aromatic rings. The van der Waals surface area contributed by atoms with E-state index in [0.717, 1.165) is 25.7 Å². The minimum atomic E-state index is 0.103. The van der Waals surface area contributed by atoms with Crippen LogP contribution in [0.4, 0.5) is 0 Å². The van der Waals surface area contributed by atoms with Gasteiger partial charge < -0.3 is 0 Å². The van der Waals surface area contributed by atoms with Crippen LogP contribution in [0.15, 0.2) is 57.5 Å². The van der Waals surface area contributed by atoms with E-state index in [1.54, 1.807) is 0 Å². The van der Waals surface area contributed by atoms with Crippen molar-refractivity contribution in [3.05, 3.63) is 79.7 Å². The van der Waals surface area contributed by atoms with E-state index in [1.165, 1.54) is 53.5 Å². The zero-order valence-electron chi connectivity index (χ0n) is 18.2. The highest BCUT2D eigenvalue weighted by Gasteiger charge is 2.46. The lowest BCUT2D eigenvalue weighted by molar-refractivity contribution is 0.476. The molecule has 0 aromatic heterocycles. The lowest BCUT2D eigenvalue weighted by atomic mass is 9.70. The summed E-state index contributed by atoms with van der Waals surface area (Å²) in [5, 5.41) is 0. The molecule has 0 bridgehead atoms. The summed E-state index contributed by atoms with van der Waals surface area (Å²) in [5.41, 5.74) is 12.0. The minimum absolute atomic E-state index is 0.103. The molecule has 2 aliphatic rings. The van der Waals surface area contributed by atoms with Crippen molar-refractivity contribution in [1.29, 1.82) is 0 Å². The van der Waals surface area contributed by atoms with Gasteiger partial charge in [0.2, 0.25) is 0 Å². The molecule has 0 heterocycles. The monoisotopic (exact) mass is 522 g/mol. The van der Waals surface area contributed by atoms with Gasteiger partial charge in [-0.25, -0.2) is 0 Å². The Hall–Kier alpha value is -1.38. The van der Waals surface area contributed by atoms with Crippen LogP contribution in [0.5, 0.6) is 0 Å². The smallest absolute Gasteiger partial charge is 0.0210 e. The fourth-order valence-corrected chi connectivity index (χ4v) is 7.17. The Kier molecular flexibility index (Phi) is 4.83. The quantitative estimate of drug-likeness (QED) is 0.319. The van der Waals surface area contributed by atoms with Gasteiger partial charge >= 0.3 is 0 Å². The van der Waals surface area contributed by atoms with E-state index >= 15 is 0 Å². The van der Waals surface area contributed by atoms with Crippen molar-refractivity contribution in [3.63, 3.8) is 0 Å². The zero-order chi connectivity index (χ0) is 21.3. The van der Waals surface area contributed by atoms with Gasteiger partial charge in [0, 0.05) is 19.8 Å². The second-order valence-corrected chi connectivity index (χ2v) is 10.7. The molecule has 0 spiro atoms. The molecule has 30 heavy (non-hydrogen) atoms. The molecule has 0 saturated heterocycles. The van der Waals surface area contributed by atoms with E-state index in [4.69, 9.17) is 0 Å². The van der Waals surface area contributed by atoms with Crippen molar-refractivity contribution in [2.24, 2.45) is 0 Å². The van der Waals surface area contributed by atoms with Gasteiger partial charge in [0.05, 0.1) is 0 Å². The van der Waals surface area contributed by atoms with Crippen molar-refractivity contribution in [2.75, 3.05) is 0 Å². The summed E-state index contributed by atoms with van der Waals surface area (Å²) in [6.07, 6.45) is 4.51. The molecule has 154 valence electrons. The molecule has 2 heteroatoms. The average Bonchev–Trinajstić information content (AvgIpc) is 3.18. The first-order valence-corrected chi connectivity index (χ1v) is 12.8. The fraction of sp³-hybridized carbons (Fsp3) is 0.357.